The van der Waals surface area contributed by atoms with Crippen molar-refractivity contribution in [3.63, 3.8) is 0 Å². The second kappa shape index (κ2) is 8.27. The molecule has 1 atom stereocenters. The topological polar surface area (TPSA) is 92.9 Å². The van der Waals surface area contributed by atoms with Crippen molar-refractivity contribution in [3.05, 3.63) is 107 Å². The van der Waals surface area contributed by atoms with Gasteiger partial charge in [0.05, 0.1) is 25.3 Å². The first-order valence-corrected chi connectivity index (χ1v) is 10.4. The number of amides is 1. The fourth-order valence-electron chi connectivity index (χ4n) is 4.18. The number of benzene rings is 2. The van der Waals surface area contributed by atoms with Crippen molar-refractivity contribution < 1.29 is 23.8 Å². The van der Waals surface area contributed by atoms with Gasteiger partial charge in [-0.3, -0.25) is 14.6 Å². The Bertz CT molecular complexity index is 1360. The predicted molar refractivity (Wildman–Crippen MR) is 121 cm³/mol. The molecule has 0 saturated heterocycles. The molecule has 5 rings (SSSR count). The van der Waals surface area contributed by atoms with Crippen molar-refractivity contribution in [2.24, 2.45) is 0 Å². The second-order valence-corrected chi connectivity index (χ2v) is 7.67. The molecule has 33 heavy (non-hydrogen) atoms. The van der Waals surface area contributed by atoms with E-state index >= 15 is 0 Å². The highest BCUT2D eigenvalue weighted by Gasteiger charge is 2.44. The van der Waals surface area contributed by atoms with E-state index in [-0.39, 0.29) is 17.9 Å². The van der Waals surface area contributed by atoms with Gasteiger partial charge in [0.15, 0.2) is 11.5 Å². The van der Waals surface area contributed by atoms with Crippen LogP contribution in [-0.2, 0) is 11.3 Å². The molecule has 0 radical (unpaired) electrons. The third-order valence-electron chi connectivity index (χ3n) is 5.73. The van der Waals surface area contributed by atoms with Crippen LogP contribution in [0.5, 0.6) is 5.75 Å². The number of nitrogens with zero attached hydrogens (tertiary/aromatic N) is 2. The lowest BCUT2D eigenvalue weighted by Gasteiger charge is -2.27. The molecule has 164 valence electrons. The van der Waals surface area contributed by atoms with Gasteiger partial charge in [0.2, 0.25) is 5.78 Å². The van der Waals surface area contributed by atoms with Crippen LogP contribution in [0.15, 0.2) is 94.9 Å². The summed E-state index contributed by atoms with van der Waals surface area (Å²) in [5, 5.41) is 11.6. The first-order valence-electron chi connectivity index (χ1n) is 10.4. The molecule has 2 aromatic heterocycles. The van der Waals surface area contributed by atoms with Gasteiger partial charge in [0.1, 0.15) is 11.3 Å². The minimum atomic E-state index is -0.836. The van der Waals surface area contributed by atoms with Gasteiger partial charge in [-0.15, -0.1) is 0 Å². The molecular weight excluding hydrogens is 420 g/mol. The SMILES string of the molecule is COc1ccccc1CN1C(=O)C(O)=C(C(=O)c2cc3ccccc3o2)C1c1cccnc1. The number of fused-ring (bicyclic) bond motifs is 1. The van der Waals surface area contributed by atoms with Crippen molar-refractivity contribution >= 4 is 22.7 Å². The molecule has 7 nitrogen and oxygen atoms in total. The number of hydrogen-bond donors (Lipinski definition) is 1. The molecule has 0 spiro atoms. The maximum Gasteiger partial charge on any atom is 0.290 e. The van der Waals surface area contributed by atoms with E-state index in [2.05, 4.69) is 4.98 Å². The summed E-state index contributed by atoms with van der Waals surface area (Å²) in [4.78, 5) is 32.3. The van der Waals surface area contributed by atoms with Gasteiger partial charge in [-0.2, -0.15) is 0 Å². The molecule has 0 fully saturated rings. The number of aliphatic hydroxyl groups is 1. The Morgan fingerprint density at radius 2 is 1.91 bits per heavy atom. The van der Waals surface area contributed by atoms with E-state index in [9.17, 15) is 14.7 Å². The summed E-state index contributed by atoms with van der Waals surface area (Å²) in [5.41, 5.74) is 1.85. The highest BCUT2D eigenvalue weighted by Crippen LogP contribution is 2.41. The molecule has 0 bridgehead atoms. The number of hydrogen-bond acceptors (Lipinski definition) is 6. The summed E-state index contributed by atoms with van der Waals surface area (Å²) in [6, 6.07) is 18.8. The van der Waals surface area contributed by atoms with E-state index in [4.69, 9.17) is 9.15 Å². The van der Waals surface area contributed by atoms with Crippen LogP contribution < -0.4 is 4.74 Å². The Morgan fingerprint density at radius 3 is 2.67 bits per heavy atom. The average Bonchev–Trinajstić information content (AvgIpc) is 3.39. The van der Waals surface area contributed by atoms with Crippen LogP contribution in [0.1, 0.15) is 27.7 Å². The van der Waals surface area contributed by atoms with Gasteiger partial charge < -0.3 is 19.2 Å². The molecule has 4 aromatic rings. The molecule has 1 N–H and O–H groups in total. The summed E-state index contributed by atoms with van der Waals surface area (Å²) in [7, 11) is 1.55. The number of rotatable bonds is 6. The van der Waals surface area contributed by atoms with E-state index < -0.39 is 23.5 Å². The summed E-state index contributed by atoms with van der Waals surface area (Å²) < 4.78 is 11.2. The number of para-hydroxylation sites is 2. The molecule has 3 heterocycles. The molecule has 1 amide bonds. The number of aromatic nitrogens is 1. The van der Waals surface area contributed by atoms with Gasteiger partial charge in [-0.1, -0.05) is 42.5 Å². The van der Waals surface area contributed by atoms with Gasteiger partial charge in [-0.05, 0) is 29.8 Å². The molecule has 1 unspecified atom stereocenters. The Labute approximate surface area is 189 Å². The highest BCUT2D eigenvalue weighted by molar-refractivity contribution is 6.16. The number of carbonyl (C=O) groups is 2. The van der Waals surface area contributed by atoms with Crippen LogP contribution in [0.2, 0.25) is 0 Å². The Balaban J connectivity index is 1.60. The Kier molecular flexibility index (Phi) is 5.14. The number of Topliss-reactive ketones (excluding diaryl/α,β-unsaturated/α-hetero) is 1. The van der Waals surface area contributed by atoms with Crippen LogP contribution in [-0.4, -0.2) is 33.8 Å². The number of methoxy groups -OCH3 is 1. The fourth-order valence-corrected chi connectivity index (χ4v) is 4.18. The summed E-state index contributed by atoms with van der Waals surface area (Å²) in [6.45, 7) is 0.128. The molecule has 7 heteroatoms. The second-order valence-electron chi connectivity index (χ2n) is 7.67. The van der Waals surface area contributed by atoms with Gasteiger partial charge in [-0.25, -0.2) is 0 Å². The van der Waals surface area contributed by atoms with E-state index in [0.717, 1.165) is 10.9 Å². The van der Waals surface area contributed by atoms with Crippen molar-refractivity contribution in [1.29, 1.82) is 0 Å². The highest BCUT2D eigenvalue weighted by atomic mass is 16.5. The Morgan fingerprint density at radius 1 is 1.12 bits per heavy atom. The van der Waals surface area contributed by atoms with Crippen molar-refractivity contribution in [2.45, 2.75) is 12.6 Å². The molecular formula is C26H20N2O5. The first-order chi connectivity index (χ1) is 16.1. The third-order valence-corrected chi connectivity index (χ3v) is 5.73. The molecule has 0 aliphatic carbocycles. The van der Waals surface area contributed by atoms with Gasteiger partial charge in [0, 0.05) is 23.3 Å². The maximum atomic E-state index is 13.5. The van der Waals surface area contributed by atoms with Crippen LogP contribution >= 0.6 is 0 Å². The molecule has 2 aromatic carbocycles. The normalized spacial score (nSPS) is 16.0. The van der Waals surface area contributed by atoms with E-state index in [1.165, 1.54) is 4.90 Å². The van der Waals surface area contributed by atoms with E-state index in [1.807, 2.05) is 36.4 Å². The first kappa shape index (κ1) is 20.5. The molecule has 1 aliphatic rings. The van der Waals surface area contributed by atoms with E-state index in [1.54, 1.807) is 49.8 Å². The third kappa shape index (κ3) is 3.53. The zero-order valence-corrected chi connectivity index (χ0v) is 17.8. The van der Waals surface area contributed by atoms with Crippen LogP contribution in [0.3, 0.4) is 0 Å². The van der Waals surface area contributed by atoms with Crippen LogP contribution in [0, 0.1) is 0 Å². The largest absolute Gasteiger partial charge is 0.503 e. The maximum absolute atomic E-state index is 13.5. The summed E-state index contributed by atoms with van der Waals surface area (Å²) in [5.74, 6) is -1.13. The molecule has 0 saturated carbocycles. The van der Waals surface area contributed by atoms with Gasteiger partial charge >= 0.3 is 0 Å². The smallest absolute Gasteiger partial charge is 0.290 e. The van der Waals surface area contributed by atoms with Crippen molar-refractivity contribution in [1.82, 2.24) is 9.88 Å². The lowest BCUT2D eigenvalue weighted by Crippen LogP contribution is -2.31. The predicted octanol–water partition coefficient (Wildman–Crippen LogP) is 4.61. The number of pyridine rings is 1. The zero-order chi connectivity index (χ0) is 22.9. The standard InChI is InChI=1S/C26H20N2O5/c1-32-19-10-4-3-8-18(19)15-28-23(17-9-6-12-27-14-17)22(25(30)26(28)31)24(29)21-13-16-7-2-5-11-20(16)33-21/h2-14,23,30H,15H2,1H3. The minimum Gasteiger partial charge on any atom is -0.503 e. The quantitative estimate of drug-likeness (QED) is 0.440. The molecule has 1 aliphatic heterocycles. The van der Waals surface area contributed by atoms with Crippen LogP contribution in [0.25, 0.3) is 11.0 Å². The monoisotopic (exact) mass is 440 g/mol. The number of ether oxygens (including phenoxy) is 1. The summed E-state index contributed by atoms with van der Waals surface area (Å²) >= 11 is 0. The number of furan rings is 1. The summed E-state index contributed by atoms with van der Waals surface area (Å²) in [6.07, 6.45) is 3.19. The zero-order valence-electron chi connectivity index (χ0n) is 17.8. The van der Waals surface area contributed by atoms with Crippen LogP contribution in [0.4, 0.5) is 0 Å². The van der Waals surface area contributed by atoms with E-state index in [0.29, 0.717) is 16.9 Å². The number of aliphatic hydroxyl groups excluding tert-OH is 1. The van der Waals surface area contributed by atoms with Crippen molar-refractivity contribution in [2.75, 3.05) is 7.11 Å². The average molecular weight is 440 g/mol. The minimum absolute atomic E-state index is 0.0399. The van der Waals surface area contributed by atoms with Crippen molar-refractivity contribution in [3.8, 4) is 5.75 Å². The lowest BCUT2D eigenvalue weighted by atomic mass is 9.96. The fraction of sp³-hybridized carbons (Fsp3) is 0.115. The number of carbonyl (C=O) groups excluding carboxylic acids is 2. The number of ketones is 1. The Hall–Kier alpha value is -4.39. The lowest BCUT2D eigenvalue weighted by molar-refractivity contribution is -0.130. The van der Waals surface area contributed by atoms with Gasteiger partial charge in [0.25, 0.3) is 5.91 Å².